The largest absolute Gasteiger partial charge is 0.469 e. The summed E-state index contributed by atoms with van der Waals surface area (Å²) in [4.78, 5) is 27.4. The van der Waals surface area contributed by atoms with Gasteiger partial charge in [0, 0.05) is 6.42 Å². The smallest absolute Gasteiger partial charge is 0.307 e. The van der Waals surface area contributed by atoms with Gasteiger partial charge in [-0.1, -0.05) is 12.1 Å². The Kier molecular flexibility index (Phi) is 5.79. The lowest BCUT2D eigenvalue weighted by Crippen LogP contribution is -2.31. The molecule has 2 aromatic rings. The van der Waals surface area contributed by atoms with Crippen molar-refractivity contribution in [1.29, 1.82) is 0 Å². The van der Waals surface area contributed by atoms with Crippen molar-refractivity contribution in [2.75, 3.05) is 7.11 Å². The summed E-state index contributed by atoms with van der Waals surface area (Å²) in [7, 11) is 1.27. The Labute approximate surface area is 132 Å². The van der Waals surface area contributed by atoms with Crippen LogP contribution in [0.5, 0.6) is 0 Å². The Morgan fingerprint density at radius 2 is 2.09 bits per heavy atom. The molecule has 0 aliphatic rings. The van der Waals surface area contributed by atoms with Crippen molar-refractivity contribution < 1.29 is 18.7 Å². The maximum Gasteiger partial charge on any atom is 0.307 e. The van der Waals surface area contributed by atoms with Crippen LogP contribution in [0.3, 0.4) is 0 Å². The van der Waals surface area contributed by atoms with Gasteiger partial charge >= 0.3 is 5.97 Å². The van der Waals surface area contributed by atoms with E-state index in [4.69, 9.17) is 0 Å². The van der Waals surface area contributed by atoms with Gasteiger partial charge in [0.15, 0.2) is 0 Å². The van der Waals surface area contributed by atoms with Gasteiger partial charge in [-0.15, -0.1) is 0 Å². The van der Waals surface area contributed by atoms with Gasteiger partial charge in [-0.25, -0.2) is 9.37 Å². The quantitative estimate of drug-likeness (QED) is 0.775. The fourth-order valence-corrected chi connectivity index (χ4v) is 2.03. The van der Waals surface area contributed by atoms with E-state index in [2.05, 4.69) is 20.1 Å². The molecule has 0 radical (unpaired) electrons. The molecule has 0 spiro atoms. The predicted molar refractivity (Wildman–Crippen MR) is 78.6 cm³/mol. The fraction of sp³-hybridized carbons (Fsp3) is 0.333. The van der Waals surface area contributed by atoms with E-state index in [0.717, 1.165) is 0 Å². The highest BCUT2D eigenvalue weighted by Crippen LogP contribution is 2.18. The molecule has 1 unspecified atom stereocenters. The summed E-state index contributed by atoms with van der Waals surface area (Å²) in [6.45, 7) is 0.375. The number of amides is 1. The lowest BCUT2D eigenvalue weighted by Gasteiger charge is -2.18. The number of nitrogens with zero attached hydrogens (tertiary/aromatic N) is 3. The Bertz CT molecular complexity index is 643. The molecule has 1 N–H and O–H groups in total. The van der Waals surface area contributed by atoms with Crippen LogP contribution in [0, 0.1) is 5.82 Å². The van der Waals surface area contributed by atoms with Crippen LogP contribution in [0.2, 0.25) is 0 Å². The molecule has 1 amide bonds. The van der Waals surface area contributed by atoms with E-state index in [1.54, 1.807) is 0 Å². The van der Waals surface area contributed by atoms with Crippen molar-refractivity contribution in [2.24, 2.45) is 0 Å². The highest BCUT2D eigenvalue weighted by atomic mass is 19.1. The molecule has 0 aliphatic carbocycles. The monoisotopic (exact) mass is 320 g/mol. The van der Waals surface area contributed by atoms with Crippen LogP contribution in [-0.2, 0) is 20.9 Å². The number of rotatable bonds is 7. The van der Waals surface area contributed by atoms with Gasteiger partial charge in [0.2, 0.25) is 5.91 Å². The van der Waals surface area contributed by atoms with Crippen LogP contribution in [0.4, 0.5) is 4.39 Å². The second-order valence-corrected chi connectivity index (χ2v) is 4.86. The molecule has 122 valence electrons. The minimum Gasteiger partial charge on any atom is -0.469 e. The highest BCUT2D eigenvalue weighted by molar-refractivity contribution is 5.78. The molecule has 7 nitrogen and oxygen atoms in total. The van der Waals surface area contributed by atoms with Crippen molar-refractivity contribution in [3.05, 3.63) is 48.3 Å². The van der Waals surface area contributed by atoms with Gasteiger partial charge < -0.3 is 10.1 Å². The molecule has 1 aromatic carbocycles. The van der Waals surface area contributed by atoms with Gasteiger partial charge in [-0.05, 0) is 17.7 Å². The predicted octanol–water partition coefficient (Wildman–Crippen LogP) is 1.23. The van der Waals surface area contributed by atoms with Gasteiger partial charge in [-0.2, -0.15) is 5.10 Å². The molecule has 23 heavy (non-hydrogen) atoms. The first kappa shape index (κ1) is 16.6. The number of carbonyl (C=O) groups excluding carboxylic acids is 2. The second kappa shape index (κ2) is 8.02. The molecule has 1 aromatic heterocycles. The lowest BCUT2D eigenvalue weighted by atomic mass is 10.0. The average Bonchev–Trinajstić information content (AvgIpc) is 3.06. The van der Waals surface area contributed by atoms with Crippen LogP contribution < -0.4 is 5.32 Å². The van der Waals surface area contributed by atoms with Gasteiger partial charge in [-0.3, -0.25) is 14.3 Å². The molecular weight excluding hydrogens is 303 g/mol. The number of halogens is 1. The minimum absolute atomic E-state index is 0.0306. The highest BCUT2D eigenvalue weighted by Gasteiger charge is 2.19. The summed E-state index contributed by atoms with van der Waals surface area (Å²) in [6, 6.07) is 5.04. The molecular formula is C15H17FN4O3. The summed E-state index contributed by atoms with van der Waals surface area (Å²) >= 11 is 0. The number of benzene rings is 1. The summed E-state index contributed by atoms with van der Waals surface area (Å²) in [5.74, 6) is -1.10. The number of ether oxygens (including phenoxy) is 1. The van der Waals surface area contributed by atoms with Crippen LogP contribution in [0.25, 0.3) is 0 Å². The molecule has 8 heteroatoms. The fourth-order valence-electron chi connectivity index (χ4n) is 2.03. The third-order valence-corrected chi connectivity index (χ3v) is 3.24. The zero-order chi connectivity index (χ0) is 16.7. The Balaban J connectivity index is 1.99. The average molecular weight is 320 g/mol. The first-order valence-electron chi connectivity index (χ1n) is 7.02. The van der Waals surface area contributed by atoms with E-state index < -0.39 is 12.0 Å². The van der Waals surface area contributed by atoms with Crippen molar-refractivity contribution in [3.8, 4) is 0 Å². The number of methoxy groups -OCH3 is 1. The van der Waals surface area contributed by atoms with E-state index in [9.17, 15) is 14.0 Å². The lowest BCUT2D eigenvalue weighted by molar-refractivity contribution is -0.141. The first-order chi connectivity index (χ1) is 11.1. The number of carbonyl (C=O) groups is 2. The van der Waals surface area contributed by atoms with E-state index in [-0.39, 0.29) is 24.6 Å². The van der Waals surface area contributed by atoms with Crippen molar-refractivity contribution in [3.63, 3.8) is 0 Å². The van der Waals surface area contributed by atoms with E-state index in [1.807, 2.05) is 0 Å². The third kappa shape index (κ3) is 5.17. The summed E-state index contributed by atoms with van der Waals surface area (Å²) in [5.41, 5.74) is 0.630. The van der Waals surface area contributed by atoms with Crippen LogP contribution >= 0.6 is 0 Å². The van der Waals surface area contributed by atoms with Gasteiger partial charge in [0.25, 0.3) is 0 Å². The topological polar surface area (TPSA) is 86.1 Å². The van der Waals surface area contributed by atoms with Crippen molar-refractivity contribution >= 4 is 11.9 Å². The van der Waals surface area contributed by atoms with Crippen LogP contribution in [0.15, 0.2) is 36.9 Å². The number of hydrogen-bond donors (Lipinski definition) is 1. The first-order valence-corrected chi connectivity index (χ1v) is 7.02. The number of esters is 1. The summed E-state index contributed by atoms with van der Waals surface area (Å²) in [5, 5.41) is 6.66. The number of aryl methyl sites for hydroxylation is 1. The Morgan fingerprint density at radius 3 is 2.70 bits per heavy atom. The summed E-state index contributed by atoms with van der Waals surface area (Å²) in [6.07, 6.45) is 3.05. The van der Waals surface area contributed by atoms with E-state index >= 15 is 0 Å². The maximum atomic E-state index is 13.0. The van der Waals surface area contributed by atoms with E-state index in [1.165, 1.54) is 48.7 Å². The number of aromatic nitrogens is 3. The molecule has 0 saturated carbocycles. The molecule has 0 aliphatic heterocycles. The zero-order valence-corrected chi connectivity index (χ0v) is 12.6. The normalized spacial score (nSPS) is 11.7. The number of hydrogen-bond acceptors (Lipinski definition) is 5. The standard InChI is InChI=1S/C15H17FN4O3/c1-23-15(22)8-13(11-2-4-12(16)5-3-11)19-14(21)6-7-20-10-17-9-18-20/h2-5,9-10,13H,6-8H2,1H3,(H,19,21). The molecule has 1 heterocycles. The van der Waals surface area contributed by atoms with Crippen LogP contribution in [-0.4, -0.2) is 33.8 Å². The zero-order valence-electron chi connectivity index (χ0n) is 12.6. The molecule has 1 atom stereocenters. The van der Waals surface area contributed by atoms with Crippen molar-refractivity contribution in [2.45, 2.75) is 25.4 Å². The molecule has 0 saturated heterocycles. The van der Waals surface area contributed by atoms with E-state index in [0.29, 0.717) is 12.1 Å². The Morgan fingerprint density at radius 1 is 1.35 bits per heavy atom. The van der Waals surface area contributed by atoms with Crippen molar-refractivity contribution in [1.82, 2.24) is 20.1 Å². The molecule has 2 rings (SSSR count). The molecule has 0 bridgehead atoms. The van der Waals surface area contributed by atoms with Gasteiger partial charge in [0.05, 0.1) is 26.1 Å². The summed E-state index contributed by atoms with van der Waals surface area (Å²) < 4.78 is 19.2. The maximum absolute atomic E-state index is 13.0. The van der Waals surface area contributed by atoms with Crippen LogP contribution in [0.1, 0.15) is 24.4 Å². The SMILES string of the molecule is COC(=O)CC(NC(=O)CCn1cncn1)c1ccc(F)cc1. The Hall–Kier alpha value is -2.77. The van der Waals surface area contributed by atoms with Gasteiger partial charge in [0.1, 0.15) is 18.5 Å². The number of nitrogens with one attached hydrogen (secondary N) is 1. The molecule has 0 fully saturated rings. The second-order valence-electron chi connectivity index (χ2n) is 4.86. The third-order valence-electron chi connectivity index (χ3n) is 3.24. The minimum atomic E-state index is -0.578.